The number of nitrogens with zero attached hydrogens (tertiary/aromatic N) is 5. The highest BCUT2D eigenvalue weighted by Gasteiger charge is 2.32. The minimum Gasteiger partial charge on any atom is -0.356 e. The van der Waals surface area contributed by atoms with Crippen molar-refractivity contribution in [1.82, 2.24) is 24.8 Å². The lowest BCUT2D eigenvalue weighted by Crippen LogP contribution is -2.52. The molecule has 4 aromatic rings. The Morgan fingerprint density at radius 2 is 1.87 bits per heavy atom. The van der Waals surface area contributed by atoms with Crippen LogP contribution in [0.25, 0.3) is 22.2 Å². The number of carbonyl (C=O) groups excluding carboxylic acids is 1. The van der Waals surface area contributed by atoms with Gasteiger partial charge in [0.2, 0.25) is 5.91 Å². The Hall–Kier alpha value is -3.81. The third kappa shape index (κ3) is 3.47. The highest BCUT2D eigenvalue weighted by molar-refractivity contribution is 5.86. The molecular formula is C22H19N5O3. The van der Waals surface area contributed by atoms with Crippen molar-refractivity contribution in [2.24, 2.45) is 5.92 Å². The van der Waals surface area contributed by atoms with Gasteiger partial charge in [0.25, 0.3) is 5.56 Å². The molecule has 1 saturated heterocycles. The van der Waals surface area contributed by atoms with Crippen molar-refractivity contribution >= 4 is 16.9 Å². The first-order chi connectivity index (χ1) is 14.7. The molecule has 0 bridgehead atoms. The van der Waals surface area contributed by atoms with E-state index < -0.39 is 0 Å². The molecule has 1 aliphatic heterocycles. The predicted octanol–water partition coefficient (Wildman–Crippen LogP) is 2.15. The van der Waals surface area contributed by atoms with Gasteiger partial charge in [-0.2, -0.15) is 5.10 Å². The van der Waals surface area contributed by atoms with E-state index in [1.54, 1.807) is 23.4 Å². The SMILES string of the molecule is O=C(Cc1noc2ccccc12)N1CC(Cn2nc(-c3ccncc3)ccc2=O)C1. The summed E-state index contributed by atoms with van der Waals surface area (Å²) < 4.78 is 6.75. The first-order valence-electron chi connectivity index (χ1n) is 9.77. The maximum atomic E-state index is 12.6. The Morgan fingerprint density at radius 1 is 1.07 bits per heavy atom. The van der Waals surface area contributed by atoms with E-state index in [2.05, 4.69) is 15.2 Å². The summed E-state index contributed by atoms with van der Waals surface area (Å²) in [5, 5.41) is 9.38. The van der Waals surface area contributed by atoms with Gasteiger partial charge < -0.3 is 9.42 Å². The average molecular weight is 401 g/mol. The molecule has 8 heteroatoms. The standard InChI is InChI=1S/C22H19N5O3/c28-21-6-5-18(16-7-9-23-10-8-16)24-27(21)14-15-12-26(13-15)22(29)11-19-17-3-1-2-4-20(17)30-25-19/h1-10,15H,11-14H2. The molecule has 30 heavy (non-hydrogen) atoms. The van der Waals surface area contributed by atoms with Gasteiger partial charge in [0.1, 0.15) is 5.69 Å². The quantitative estimate of drug-likeness (QED) is 0.509. The van der Waals surface area contributed by atoms with E-state index in [9.17, 15) is 9.59 Å². The molecule has 1 amide bonds. The number of carbonyl (C=O) groups is 1. The Kier molecular flexibility index (Phi) is 4.59. The lowest BCUT2D eigenvalue weighted by atomic mass is 9.99. The number of para-hydroxylation sites is 1. The van der Waals surface area contributed by atoms with Crippen molar-refractivity contribution < 1.29 is 9.32 Å². The molecule has 0 saturated carbocycles. The van der Waals surface area contributed by atoms with Gasteiger partial charge in [0, 0.05) is 48.4 Å². The van der Waals surface area contributed by atoms with Gasteiger partial charge in [0.15, 0.2) is 5.58 Å². The van der Waals surface area contributed by atoms with Crippen molar-refractivity contribution in [1.29, 1.82) is 0 Å². The predicted molar refractivity (Wildman–Crippen MR) is 110 cm³/mol. The Morgan fingerprint density at radius 3 is 2.70 bits per heavy atom. The van der Waals surface area contributed by atoms with Gasteiger partial charge in [-0.05, 0) is 30.3 Å². The molecular weight excluding hydrogens is 382 g/mol. The average Bonchev–Trinajstić information content (AvgIpc) is 3.15. The summed E-state index contributed by atoms with van der Waals surface area (Å²) in [5.41, 5.74) is 2.82. The number of amides is 1. The van der Waals surface area contributed by atoms with Crippen LogP contribution < -0.4 is 5.56 Å². The normalized spacial score (nSPS) is 14.1. The van der Waals surface area contributed by atoms with E-state index in [0.29, 0.717) is 30.9 Å². The van der Waals surface area contributed by atoms with Crippen LogP contribution >= 0.6 is 0 Å². The zero-order chi connectivity index (χ0) is 20.5. The Labute approximate surface area is 171 Å². The molecule has 0 atom stereocenters. The number of fused-ring (bicyclic) bond motifs is 1. The third-order valence-electron chi connectivity index (χ3n) is 5.35. The van der Waals surface area contributed by atoms with Crippen molar-refractivity contribution in [3.63, 3.8) is 0 Å². The van der Waals surface area contributed by atoms with Crippen LogP contribution in [0.15, 0.2) is 70.2 Å². The van der Waals surface area contributed by atoms with E-state index in [4.69, 9.17) is 4.52 Å². The van der Waals surface area contributed by atoms with Gasteiger partial charge in [-0.1, -0.05) is 17.3 Å². The molecule has 4 heterocycles. The van der Waals surface area contributed by atoms with Crippen molar-refractivity contribution in [3.8, 4) is 11.3 Å². The van der Waals surface area contributed by atoms with Gasteiger partial charge >= 0.3 is 0 Å². The lowest BCUT2D eigenvalue weighted by Gasteiger charge is -2.39. The maximum absolute atomic E-state index is 12.6. The topological polar surface area (TPSA) is 94.1 Å². The number of aromatic nitrogens is 4. The largest absolute Gasteiger partial charge is 0.356 e. The summed E-state index contributed by atoms with van der Waals surface area (Å²) in [7, 11) is 0. The van der Waals surface area contributed by atoms with Crippen LogP contribution in [0.3, 0.4) is 0 Å². The number of hydrogen-bond donors (Lipinski definition) is 0. The van der Waals surface area contributed by atoms with Crippen LogP contribution in [0.5, 0.6) is 0 Å². The first-order valence-corrected chi connectivity index (χ1v) is 9.77. The van der Waals surface area contributed by atoms with Crippen molar-refractivity contribution in [2.45, 2.75) is 13.0 Å². The number of pyridine rings is 1. The molecule has 0 unspecified atom stereocenters. The summed E-state index contributed by atoms with van der Waals surface area (Å²) in [6.07, 6.45) is 3.60. The number of likely N-dealkylation sites (tertiary alicyclic amines) is 1. The summed E-state index contributed by atoms with van der Waals surface area (Å²) in [4.78, 5) is 30.6. The minimum absolute atomic E-state index is 0.0103. The molecule has 1 aromatic carbocycles. The third-order valence-corrected chi connectivity index (χ3v) is 5.35. The maximum Gasteiger partial charge on any atom is 0.266 e. The molecule has 0 N–H and O–H groups in total. The van der Waals surface area contributed by atoms with E-state index in [0.717, 1.165) is 16.6 Å². The summed E-state index contributed by atoms with van der Waals surface area (Å²) in [5.74, 6) is 0.206. The van der Waals surface area contributed by atoms with Gasteiger partial charge in [-0.3, -0.25) is 14.6 Å². The van der Waals surface area contributed by atoms with Crippen LogP contribution in [0.4, 0.5) is 0 Å². The Balaban J connectivity index is 1.22. The number of rotatable bonds is 5. The zero-order valence-electron chi connectivity index (χ0n) is 16.1. The second-order valence-electron chi connectivity index (χ2n) is 7.44. The van der Waals surface area contributed by atoms with Gasteiger partial charge in [-0.25, -0.2) is 4.68 Å². The Bertz CT molecular complexity index is 1260. The number of hydrogen-bond acceptors (Lipinski definition) is 6. The van der Waals surface area contributed by atoms with E-state index in [-0.39, 0.29) is 23.8 Å². The molecule has 1 fully saturated rings. The van der Waals surface area contributed by atoms with Crippen LogP contribution in [0.2, 0.25) is 0 Å². The highest BCUT2D eigenvalue weighted by Crippen LogP contribution is 2.22. The van der Waals surface area contributed by atoms with E-state index >= 15 is 0 Å². The zero-order valence-corrected chi connectivity index (χ0v) is 16.1. The highest BCUT2D eigenvalue weighted by atomic mass is 16.5. The monoisotopic (exact) mass is 401 g/mol. The van der Waals surface area contributed by atoms with E-state index in [1.807, 2.05) is 36.4 Å². The first kappa shape index (κ1) is 18.2. The molecule has 5 rings (SSSR count). The van der Waals surface area contributed by atoms with Crippen LogP contribution in [-0.2, 0) is 17.8 Å². The molecule has 0 radical (unpaired) electrons. The number of benzene rings is 1. The lowest BCUT2D eigenvalue weighted by molar-refractivity contribution is -0.137. The smallest absolute Gasteiger partial charge is 0.266 e. The molecule has 3 aromatic heterocycles. The fourth-order valence-electron chi connectivity index (χ4n) is 3.71. The van der Waals surface area contributed by atoms with Crippen LogP contribution in [0, 0.1) is 5.92 Å². The molecule has 150 valence electrons. The van der Waals surface area contributed by atoms with Crippen molar-refractivity contribution in [2.75, 3.05) is 13.1 Å². The second kappa shape index (κ2) is 7.55. The van der Waals surface area contributed by atoms with E-state index in [1.165, 1.54) is 10.7 Å². The second-order valence-corrected chi connectivity index (χ2v) is 7.44. The summed E-state index contributed by atoms with van der Waals surface area (Å²) in [6, 6.07) is 14.5. The van der Waals surface area contributed by atoms with Crippen LogP contribution in [-0.4, -0.2) is 43.8 Å². The van der Waals surface area contributed by atoms with Crippen molar-refractivity contribution in [3.05, 3.63) is 77.0 Å². The summed E-state index contributed by atoms with van der Waals surface area (Å²) in [6.45, 7) is 1.68. The van der Waals surface area contributed by atoms with Gasteiger partial charge in [0.05, 0.1) is 18.7 Å². The molecule has 1 aliphatic rings. The fourth-order valence-corrected chi connectivity index (χ4v) is 3.71. The van der Waals surface area contributed by atoms with Gasteiger partial charge in [-0.15, -0.1) is 0 Å². The molecule has 0 aliphatic carbocycles. The summed E-state index contributed by atoms with van der Waals surface area (Å²) >= 11 is 0. The minimum atomic E-state index is -0.147. The molecule has 0 spiro atoms. The molecule has 8 nitrogen and oxygen atoms in total. The fraction of sp³-hybridized carbons (Fsp3) is 0.227. The van der Waals surface area contributed by atoms with Crippen LogP contribution in [0.1, 0.15) is 5.69 Å².